The molecule has 0 fully saturated rings. The topological polar surface area (TPSA) is 139 Å². The number of aromatic nitrogens is 3. The molecule has 5 aromatic rings. The van der Waals surface area contributed by atoms with Gasteiger partial charge in [0.15, 0.2) is 0 Å². The molecule has 0 unspecified atom stereocenters. The molecule has 5 rings (SSSR count). The fourth-order valence-corrected chi connectivity index (χ4v) is 6.04. The molecule has 2 heterocycles. The molecule has 0 saturated heterocycles. The van der Waals surface area contributed by atoms with Crippen LogP contribution in [0.4, 0.5) is 5.69 Å². The Labute approximate surface area is 255 Å². The molecule has 11 nitrogen and oxygen atoms in total. The first kappa shape index (κ1) is 30.5. The molecule has 2 amide bonds. The Morgan fingerprint density at radius 1 is 1.00 bits per heavy atom. The summed E-state index contributed by atoms with van der Waals surface area (Å²) in [6, 6.07) is 17.6. The number of furan rings is 1. The molecule has 0 spiro atoms. The highest BCUT2D eigenvalue weighted by molar-refractivity contribution is 7.92. The van der Waals surface area contributed by atoms with Crippen molar-refractivity contribution in [1.29, 1.82) is 0 Å². The fraction of sp³-hybridized carbons (Fsp3) is 0.250. The normalized spacial score (nSPS) is 11.9. The summed E-state index contributed by atoms with van der Waals surface area (Å²) < 4.78 is 35.1. The van der Waals surface area contributed by atoms with Gasteiger partial charge >= 0.3 is 0 Å². The molecular formula is C32H34N6O5S. The van der Waals surface area contributed by atoms with Crippen molar-refractivity contribution in [2.75, 3.05) is 24.2 Å². The van der Waals surface area contributed by atoms with Gasteiger partial charge in [-0.1, -0.05) is 17.3 Å². The van der Waals surface area contributed by atoms with Crippen molar-refractivity contribution in [3.05, 3.63) is 84.2 Å². The molecule has 0 atom stereocenters. The van der Waals surface area contributed by atoms with Crippen LogP contribution in [0.2, 0.25) is 0 Å². The van der Waals surface area contributed by atoms with Crippen LogP contribution in [0, 0.1) is 0 Å². The quantitative estimate of drug-likeness (QED) is 0.250. The highest BCUT2D eigenvalue weighted by Gasteiger charge is 2.27. The molecule has 228 valence electrons. The molecule has 3 aromatic carbocycles. The number of nitrogens with zero attached hydrogens (tertiary/aromatic N) is 4. The van der Waals surface area contributed by atoms with Gasteiger partial charge in [0.1, 0.15) is 11.3 Å². The molecule has 44 heavy (non-hydrogen) atoms. The average molecular weight is 615 g/mol. The molecular weight excluding hydrogens is 580 g/mol. The highest BCUT2D eigenvalue weighted by atomic mass is 32.2. The predicted octanol–water partition coefficient (Wildman–Crippen LogP) is 5.02. The fourth-order valence-electron chi connectivity index (χ4n) is 5.06. The van der Waals surface area contributed by atoms with Crippen LogP contribution in [-0.2, 0) is 10.0 Å². The van der Waals surface area contributed by atoms with Gasteiger partial charge in [-0.25, -0.2) is 13.1 Å². The lowest BCUT2D eigenvalue weighted by Crippen LogP contribution is -2.40. The first-order valence-corrected chi connectivity index (χ1v) is 15.9. The Bertz CT molecular complexity index is 1960. The summed E-state index contributed by atoms with van der Waals surface area (Å²) in [5.41, 5.74) is 3.50. The van der Waals surface area contributed by atoms with Crippen molar-refractivity contribution in [3.63, 3.8) is 0 Å². The van der Waals surface area contributed by atoms with Crippen LogP contribution in [0.5, 0.6) is 0 Å². The van der Waals surface area contributed by atoms with E-state index in [4.69, 9.17) is 4.42 Å². The molecule has 2 N–H and O–H groups in total. The Morgan fingerprint density at radius 3 is 2.32 bits per heavy atom. The number of nitrogens with one attached hydrogen (secondary N) is 2. The van der Waals surface area contributed by atoms with E-state index < -0.39 is 15.6 Å². The standard InChI is InChI=1S/C32H34N6O5S/c1-7-38(44(6,41)42)26-19-27-25(18-24(26)21-9-8-10-22(17-21)30(39)35-32(2,3)4)28(31(40)33-5)29(43-27)20-11-13-23(14-12-20)37-16-15-34-36-37/h8-19H,7H2,1-6H3,(H,33,40)(H,35,39). The van der Waals surface area contributed by atoms with Crippen LogP contribution >= 0.6 is 0 Å². The lowest BCUT2D eigenvalue weighted by atomic mass is 9.97. The molecule has 0 aliphatic rings. The van der Waals surface area contributed by atoms with Crippen molar-refractivity contribution < 1.29 is 22.4 Å². The minimum atomic E-state index is -3.70. The zero-order valence-electron chi connectivity index (χ0n) is 25.4. The van der Waals surface area contributed by atoms with Gasteiger partial charge in [-0.3, -0.25) is 13.9 Å². The number of sulfonamides is 1. The summed E-state index contributed by atoms with van der Waals surface area (Å²) in [6.45, 7) is 7.57. The molecule has 12 heteroatoms. The third-order valence-electron chi connectivity index (χ3n) is 6.96. The zero-order chi connectivity index (χ0) is 31.8. The Balaban J connectivity index is 1.74. The second-order valence-electron chi connectivity index (χ2n) is 11.4. The van der Waals surface area contributed by atoms with Crippen molar-refractivity contribution in [2.45, 2.75) is 33.2 Å². The summed E-state index contributed by atoms with van der Waals surface area (Å²) in [6.07, 6.45) is 4.44. The summed E-state index contributed by atoms with van der Waals surface area (Å²) in [7, 11) is -2.17. The molecule has 0 radical (unpaired) electrons. The first-order chi connectivity index (χ1) is 20.8. The largest absolute Gasteiger partial charge is 0.455 e. The van der Waals surface area contributed by atoms with Crippen LogP contribution in [0.3, 0.4) is 0 Å². The average Bonchev–Trinajstić information content (AvgIpc) is 3.64. The van der Waals surface area contributed by atoms with Crippen LogP contribution in [-0.4, -0.2) is 60.6 Å². The van der Waals surface area contributed by atoms with E-state index in [1.54, 1.807) is 60.4 Å². The van der Waals surface area contributed by atoms with Crippen molar-refractivity contribution in [2.24, 2.45) is 0 Å². The smallest absolute Gasteiger partial charge is 0.255 e. The van der Waals surface area contributed by atoms with Crippen LogP contribution < -0.4 is 14.9 Å². The number of fused-ring (bicyclic) bond motifs is 1. The molecule has 0 aliphatic heterocycles. The van der Waals surface area contributed by atoms with E-state index in [9.17, 15) is 18.0 Å². The maximum atomic E-state index is 13.3. The van der Waals surface area contributed by atoms with Crippen molar-refractivity contribution in [1.82, 2.24) is 25.6 Å². The summed E-state index contributed by atoms with van der Waals surface area (Å²) in [5, 5.41) is 14.0. The zero-order valence-corrected chi connectivity index (χ0v) is 26.2. The van der Waals surface area contributed by atoms with Gasteiger partial charge in [0.05, 0.1) is 35.6 Å². The van der Waals surface area contributed by atoms with Gasteiger partial charge in [-0.2, -0.15) is 0 Å². The van der Waals surface area contributed by atoms with Crippen LogP contribution in [0.15, 0.2) is 77.5 Å². The lowest BCUT2D eigenvalue weighted by molar-refractivity contribution is 0.0918. The van der Waals surface area contributed by atoms with Crippen molar-refractivity contribution in [3.8, 4) is 28.1 Å². The van der Waals surface area contributed by atoms with Gasteiger partial charge in [0.2, 0.25) is 10.0 Å². The summed E-state index contributed by atoms with van der Waals surface area (Å²) >= 11 is 0. The van der Waals surface area contributed by atoms with Gasteiger partial charge in [0.25, 0.3) is 11.8 Å². The number of rotatable bonds is 8. The van der Waals surface area contributed by atoms with Crippen molar-refractivity contribution >= 4 is 38.5 Å². The van der Waals surface area contributed by atoms with Crippen LogP contribution in [0.1, 0.15) is 48.4 Å². The maximum Gasteiger partial charge on any atom is 0.255 e. The molecule has 2 aromatic heterocycles. The van der Waals surface area contributed by atoms with Gasteiger partial charge in [-0.15, -0.1) is 5.10 Å². The third-order valence-corrected chi connectivity index (χ3v) is 8.21. The minimum absolute atomic E-state index is 0.154. The first-order valence-electron chi connectivity index (χ1n) is 14.0. The van der Waals surface area contributed by atoms with Crippen LogP contribution in [0.25, 0.3) is 39.1 Å². The second-order valence-corrected chi connectivity index (χ2v) is 13.3. The predicted molar refractivity (Wildman–Crippen MR) is 170 cm³/mol. The van der Waals surface area contributed by atoms with Gasteiger partial charge < -0.3 is 15.1 Å². The highest BCUT2D eigenvalue weighted by Crippen LogP contribution is 2.42. The van der Waals surface area contributed by atoms with E-state index in [1.165, 1.54) is 11.4 Å². The van der Waals surface area contributed by atoms with E-state index in [2.05, 4.69) is 20.9 Å². The number of anilines is 1. The Hall–Kier alpha value is -4.97. The summed E-state index contributed by atoms with van der Waals surface area (Å²) in [5.74, 6) is -0.303. The van der Waals surface area contributed by atoms with Gasteiger partial charge in [0, 0.05) is 47.3 Å². The number of hydrogen-bond donors (Lipinski definition) is 2. The SMILES string of the molecule is CCN(c1cc2oc(-c3ccc(-n4ccnn4)cc3)c(C(=O)NC)c2cc1-c1cccc(C(=O)NC(C)(C)C)c1)S(C)(=O)=O. The van der Waals surface area contributed by atoms with Gasteiger partial charge in [-0.05, 0) is 75.7 Å². The van der Waals surface area contributed by atoms with E-state index in [0.717, 1.165) is 11.9 Å². The number of carbonyl (C=O) groups excluding carboxylic acids is 2. The second kappa shape index (κ2) is 11.6. The third kappa shape index (κ3) is 6.06. The monoisotopic (exact) mass is 614 g/mol. The lowest BCUT2D eigenvalue weighted by Gasteiger charge is -2.24. The van der Waals surface area contributed by atoms with E-state index in [-0.39, 0.29) is 18.4 Å². The Morgan fingerprint density at radius 2 is 1.73 bits per heavy atom. The molecule has 0 saturated carbocycles. The van der Waals surface area contributed by atoms with E-state index in [0.29, 0.717) is 50.2 Å². The molecule has 0 aliphatic carbocycles. The number of carbonyl (C=O) groups is 2. The van der Waals surface area contributed by atoms with E-state index in [1.807, 2.05) is 45.0 Å². The summed E-state index contributed by atoms with van der Waals surface area (Å²) in [4.78, 5) is 26.4. The number of benzene rings is 3. The number of hydrogen-bond acceptors (Lipinski definition) is 7. The Kier molecular flexibility index (Phi) is 8.04. The maximum absolute atomic E-state index is 13.3. The minimum Gasteiger partial charge on any atom is -0.455 e. The molecule has 0 bridgehead atoms. The van der Waals surface area contributed by atoms with E-state index >= 15 is 0 Å². The number of amides is 2.